The molecule has 4 rings (SSSR count). The Morgan fingerprint density at radius 2 is 1.92 bits per heavy atom. The second-order valence-electron chi connectivity index (χ2n) is 6.19. The number of pyridine rings is 1. The van der Waals surface area contributed by atoms with Crippen molar-refractivity contribution in [3.05, 3.63) is 59.8 Å². The van der Waals surface area contributed by atoms with Crippen LogP contribution in [-0.4, -0.2) is 19.3 Å². The number of aromatic nitrogens is 1. The van der Waals surface area contributed by atoms with Crippen LogP contribution in [0.4, 0.5) is 5.69 Å². The van der Waals surface area contributed by atoms with Crippen molar-refractivity contribution in [2.45, 2.75) is 24.7 Å². The van der Waals surface area contributed by atoms with Gasteiger partial charge < -0.3 is 9.50 Å². The molecule has 0 saturated heterocycles. The number of amides is 1. The molecule has 1 aliphatic heterocycles. The van der Waals surface area contributed by atoms with E-state index in [2.05, 4.69) is 10.3 Å². The summed E-state index contributed by atoms with van der Waals surface area (Å²) in [5.74, 6) is 0.124. The van der Waals surface area contributed by atoms with E-state index in [1.54, 1.807) is 24.3 Å². The summed E-state index contributed by atoms with van der Waals surface area (Å²) in [5, 5.41) is 3.54. The molecule has 0 fully saturated rings. The number of rotatable bonds is 3. The average molecular weight is 368 g/mol. The van der Waals surface area contributed by atoms with Crippen LogP contribution in [0.1, 0.15) is 17.7 Å². The predicted molar refractivity (Wildman–Crippen MR) is 97.7 cm³/mol. The maximum atomic E-state index is 12.7. The second kappa shape index (κ2) is 6.10. The van der Waals surface area contributed by atoms with Crippen molar-refractivity contribution in [2.75, 3.05) is 5.32 Å². The first kappa shape index (κ1) is 16.5. The lowest BCUT2D eigenvalue weighted by Gasteiger charge is -2.17. The van der Waals surface area contributed by atoms with Crippen molar-refractivity contribution in [1.29, 1.82) is 0 Å². The van der Waals surface area contributed by atoms with E-state index in [9.17, 15) is 13.2 Å². The molecule has 1 N–H and O–H groups in total. The smallest absolute Gasteiger partial charge is 0.339 e. The number of hydrogen-bond acceptors (Lipinski definition) is 5. The number of para-hydroxylation sites is 1. The molecule has 0 bridgehead atoms. The molecule has 132 valence electrons. The molecular formula is C19H16N2O4S. The minimum Gasteiger partial charge on any atom is -0.377 e. The van der Waals surface area contributed by atoms with Crippen LogP contribution in [0.2, 0.25) is 0 Å². The molecule has 6 nitrogen and oxygen atoms in total. The fraction of sp³-hybridized carbons (Fsp3) is 0.158. The Hall–Kier alpha value is -2.93. The van der Waals surface area contributed by atoms with Gasteiger partial charge in [0, 0.05) is 23.2 Å². The molecule has 0 spiro atoms. The van der Waals surface area contributed by atoms with Crippen LogP contribution in [0, 0.1) is 6.92 Å². The molecule has 1 aliphatic rings. The number of anilines is 1. The molecule has 0 saturated carbocycles. The first-order chi connectivity index (χ1) is 12.4. The minimum atomic E-state index is -4.02. The molecule has 26 heavy (non-hydrogen) atoms. The van der Waals surface area contributed by atoms with Crippen molar-refractivity contribution < 1.29 is 17.4 Å². The minimum absolute atomic E-state index is 0.0528. The van der Waals surface area contributed by atoms with Gasteiger partial charge in [-0.2, -0.15) is 8.42 Å². The van der Waals surface area contributed by atoms with Gasteiger partial charge in [-0.1, -0.05) is 18.2 Å². The van der Waals surface area contributed by atoms with E-state index < -0.39 is 10.1 Å². The van der Waals surface area contributed by atoms with Crippen molar-refractivity contribution in [1.82, 2.24) is 4.98 Å². The summed E-state index contributed by atoms with van der Waals surface area (Å²) < 4.78 is 30.9. The van der Waals surface area contributed by atoms with Gasteiger partial charge in [0.05, 0.1) is 0 Å². The molecule has 0 radical (unpaired) electrons. The highest BCUT2D eigenvalue weighted by Gasteiger charge is 2.22. The van der Waals surface area contributed by atoms with Gasteiger partial charge in [-0.3, -0.25) is 4.79 Å². The zero-order valence-electron chi connectivity index (χ0n) is 14.0. The topological polar surface area (TPSA) is 85.4 Å². The first-order valence-electron chi connectivity index (χ1n) is 8.16. The summed E-state index contributed by atoms with van der Waals surface area (Å²) in [7, 11) is -4.02. The van der Waals surface area contributed by atoms with E-state index in [4.69, 9.17) is 4.18 Å². The SMILES string of the molecule is Cc1ccc2cccc(OS(=O)(=O)c3ccc4c(c3)CCC(=O)N4)c2n1. The lowest BCUT2D eigenvalue weighted by molar-refractivity contribution is -0.116. The molecule has 0 aliphatic carbocycles. The Morgan fingerprint density at radius 3 is 2.77 bits per heavy atom. The quantitative estimate of drug-likeness (QED) is 0.718. The number of hydrogen-bond donors (Lipinski definition) is 1. The van der Waals surface area contributed by atoms with E-state index in [1.807, 2.05) is 25.1 Å². The van der Waals surface area contributed by atoms with Crippen LogP contribution < -0.4 is 9.50 Å². The third-order valence-electron chi connectivity index (χ3n) is 4.28. The summed E-state index contributed by atoms with van der Waals surface area (Å²) in [6, 6.07) is 13.5. The Morgan fingerprint density at radius 1 is 1.08 bits per heavy atom. The zero-order valence-corrected chi connectivity index (χ0v) is 14.8. The lowest BCUT2D eigenvalue weighted by Crippen LogP contribution is -2.19. The van der Waals surface area contributed by atoms with E-state index in [-0.39, 0.29) is 16.6 Å². The lowest BCUT2D eigenvalue weighted by atomic mass is 10.0. The summed E-state index contributed by atoms with van der Waals surface area (Å²) >= 11 is 0. The van der Waals surface area contributed by atoms with Gasteiger partial charge in [-0.15, -0.1) is 0 Å². The Balaban J connectivity index is 1.72. The molecule has 2 aromatic carbocycles. The van der Waals surface area contributed by atoms with E-state index >= 15 is 0 Å². The fourth-order valence-electron chi connectivity index (χ4n) is 2.97. The molecule has 3 aromatic rings. The van der Waals surface area contributed by atoms with Gasteiger partial charge >= 0.3 is 10.1 Å². The normalized spacial score (nSPS) is 14.0. The van der Waals surface area contributed by atoms with E-state index in [1.165, 1.54) is 6.07 Å². The van der Waals surface area contributed by atoms with Gasteiger partial charge in [-0.25, -0.2) is 4.98 Å². The van der Waals surface area contributed by atoms with Crippen molar-refractivity contribution >= 4 is 32.6 Å². The maximum absolute atomic E-state index is 12.7. The number of fused-ring (bicyclic) bond motifs is 2. The maximum Gasteiger partial charge on any atom is 0.339 e. The number of carbonyl (C=O) groups is 1. The average Bonchev–Trinajstić information content (AvgIpc) is 2.61. The summed E-state index contributed by atoms with van der Waals surface area (Å²) in [6.45, 7) is 1.84. The summed E-state index contributed by atoms with van der Waals surface area (Å²) in [4.78, 5) is 15.9. The van der Waals surface area contributed by atoms with Crippen molar-refractivity contribution in [2.24, 2.45) is 0 Å². The molecular weight excluding hydrogens is 352 g/mol. The van der Waals surface area contributed by atoms with E-state index in [0.717, 1.165) is 16.6 Å². The second-order valence-corrected chi connectivity index (χ2v) is 7.73. The monoisotopic (exact) mass is 368 g/mol. The van der Waals surface area contributed by atoms with Crippen LogP contribution in [0.15, 0.2) is 53.4 Å². The highest BCUT2D eigenvalue weighted by Crippen LogP contribution is 2.29. The molecule has 7 heteroatoms. The molecule has 0 atom stereocenters. The van der Waals surface area contributed by atoms with Gasteiger partial charge in [0.25, 0.3) is 0 Å². The third kappa shape index (κ3) is 3.01. The molecule has 1 amide bonds. The zero-order chi connectivity index (χ0) is 18.3. The summed E-state index contributed by atoms with van der Waals surface area (Å²) in [5.41, 5.74) is 2.69. The fourth-order valence-corrected chi connectivity index (χ4v) is 3.95. The van der Waals surface area contributed by atoms with Crippen LogP contribution in [0.3, 0.4) is 0 Å². The number of nitrogens with zero attached hydrogens (tertiary/aromatic N) is 1. The number of benzene rings is 2. The molecule has 0 unspecified atom stereocenters. The molecule has 1 aromatic heterocycles. The highest BCUT2D eigenvalue weighted by molar-refractivity contribution is 7.87. The van der Waals surface area contributed by atoms with Crippen molar-refractivity contribution in [3.63, 3.8) is 0 Å². The first-order valence-corrected chi connectivity index (χ1v) is 9.57. The standard InChI is InChI=1S/C19H16N2O4S/c1-12-5-6-13-3-2-4-17(19(13)20-12)25-26(23,24)15-8-9-16-14(11-15)7-10-18(22)21-16/h2-6,8-9,11H,7,10H2,1H3,(H,21,22). The number of carbonyl (C=O) groups excluding carboxylic acids is 1. The predicted octanol–water partition coefficient (Wildman–Crippen LogP) is 3.20. The van der Waals surface area contributed by atoms with Crippen LogP contribution in [-0.2, 0) is 21.3 Å². The Bertz CT molecular complexity index is 1140. The van der Waals surface area contributed by atoms with Crippen LogP contribution in [0.5, 0.6) is 5.75 Å². The molecule has 2 heterocycles. The Labute approximate surface area is 151 Å². The van der Waals surface area contributed by atoms with Crippen LogP contribution >= 0.6 is 0 Å². The van der Waals surface area contributed by atoms with Crippen LogP contribution in [0.25, 0.3) is 10.9 Å². The van der Waals surface area contributed by atoms with Gasteiger partial charge in [0.15, 0.2) is 5.75 Å². The van der Waals surface area contributed by atoms with Gasteiger partial charge in [-0.05, 0) is 49.2 Å². The summed E-state index contributed by atoms with van der Waals surface area (Å²) in [6.07, 6.45) is 0.837. The van der Waals surface area contributed by atoms with Gasteiger partial charge in [0.2, 0.25) is 5.91 Å². The van der Waals surface area contributed by atoms with Gasteiger partial charge in [0.1, 0.15) is 10.4 Å². The largest absolute Gasteiger partial charge is 0.377 e. The number of aryl methyl sites for hydroxylation is 2. The number of nitrogens with one attached hydrogen (secondary N) is 1. The van der Waals surface area contributed by atoms with Crippen molar-refractivity contribution in [3.8, 4) is 5.75 Å². The van der Waals surface area contributed by atoms with E-state index in [0.29, 0.717) is 24.0 Å². The third-order valence-corrected chi connectivity index (χ3v) is 5.51. The Kier molecular flexibility index (Phi) is 3.88. The highest BCUT2D eigenvalue weighted by atomic mass is 32.2.